The Bertz CT molecular complexity index is 801. The minimum absolute atomic E-state index is 0.00926. The summed E-state index contributed by atoms with van der Waals surface area (Å²) in [6.45, 7) is 4.68. The maximum Gasteiger partial charge on any atom is 0.267 e. The lowest BCUT2D eigenvalue weighted by molar-refractivity contribution is -0.130. The van der Waals surface area contributed by atoms with Crippen LogP contribution in [0, 0.1) is 6.92 Å². The number of hydrogen-bond donors (Lipinski definition) is 0. The van der Waals surface area contributed by atoms with Gasteiger partial charge in [0.15, 0.2) is 6.10 Å². The first kappa shape index (κ1) is 18.0. The van der Waals surface area contributed by atoms with Crippen molar-refractivity contribution in [3.8, 4) is 5.75 Å². The van der Waals surface area contributed by atoms with Crippen molar-refractivity contribution >= 4 is 17.5 Å². The van der Waals surface area contributed by atoms with E-state index in [1.54, 1.807) is 23.8 Å². The minimum Gasteiger partial charge on any atom is -0.479 e. The summed E-state index contributed by atoms with van der Waals surface area (Å²) in [6, 6.07) is 15.6. The molecule has 0 saturated carbocycles. The van der Waals surface area contributed by atoms with Gasteiger partial charge in [0.1, 0.15) is 5.75 Å². The number of ether oxygens (including phenoxy) is 1. The van der Waals surface area contributed by atoms with Crippen LogP contribution >= 0.6 is 0 Å². The van der Waals surface area contributed by atoms with Gasteiger partial charge in [-0.25, -0.2) is 0 Å². The summed E-state index contributed by atoms with van der Waals surface area (Å²) < 4.78 is 5.63. The van der Waals surface area contributed by atoms with Gasteiger partial charge in [0.25, 0.3) is 5.91 Å². The second-order valence-electron chi connectivity index (χ2n) is 6.70. The second-order valence-corrected chi connectivity index (χ2v) is 6.70. The molecule has 0 fully saturated rings. The molecule has 0 unspecified atom stereocenters. The molecule has 1 aliphatic rings. The molecule has 5 heteroatoms. The molecule has 0 saturated heterocycles. The van der Waals surface area contributed by atoms with Crippen LogP contribution in [-0.4, -0.2) is 36.4 Å². The van der Waals surface area contributed by atoms with Crippen molar-refractivity contribution in [2.24, 2.45) is 0 Å². The van der Waals surface area contributed by atoms with Crippen molar-refractivity contribution in [1.29, 1.82) is 0 Å². The first-order valence-corrected chi connectivity index (χ1v) is 8.82. The van der Waals surface area contributed by atoms with Crippen molar-refractivity contribution in [2.75, 3.05) is 18.5 Å². The molecule has 0 radical (unpaired) electrons. The lowest BCUT2D eigenvalue weighted by Gasteiger charge is -2.33. The summed E-state index contributed by atoms with van der Waals surface area (Å²) in [5.74, 6) is 0.577. The van der Waals surface area contributed by atoms with Crippen molar-refractivity contribution in [3.63, 3.8) is 0 Å². The van der Waals surface area contributed by atoms with Crippen molar-refractivity contribution in [3.05, 3.63) is 59.7 Å². The van der Waals surface area contributed by atoms with Crippen LogP contribution < -0.4 is 9.64 Å². The molecule has 136 valence electrons. The predicted molar refractivity (Wildman–Crippen MR) is 101 cm³/mol. The van der Waals surface area contributed by atoms with Gasteiger partial charge in [-0.3, -0.25) is 9.59 Å². The van der Waals surface area contributed by atoms with Crippen LogP contribution in [0.1, 0.15) is 24.5 Å². The Morgan fingerprint density at radius 2 is 1.85 bits per heavy atom. The normalized spacial score (nSPS) is 16.0. The molecular weight excluding hydrogens is 328 g/mol. The Labute approximate surface area is 154 Å². The average molecular weight is 352 g/mol. The molecule has 1 aliphatic heterocycles. The smallest absolute Gasteiger partial charge is 0.267 e. The number of nitrogens with zero attached hydrogens (tertiary/aromatic N) is 2. The SMILES string of the molecule is Cc1ccc(CN(C)C(=O)CCN2C(=O)[C@H](C)Oc3ccccc32)cc1. The predicted octanol–water partition coefficient (Wildman–Crippen LogP) is 3.16. The maximum atomic E-state index is 12.5. The fourth-order valence-electron chi connectivity index (χ4n) is 3.04. The topological polar surface area (TPSA) is 49.9 Å². The Morgan fingerprint density at radius 3 is 2.58 bits per heavy atom. The van der Waals surface area contributed by atoms with E-state index < -0.39 is 6.10 Å². The molecule has 5 nitrogen and oxygen atoms in total. The molecule has 26 heavy (non-hydrogen) atoms. The maximum absolute atomic E-state index is 12.5. The Balaban J connectivity index is 1.63. The highest BCUT2D eigenvalue weighted by Crippen LogP contribution is 2.33. The minimum atomic E-state index is -0.537. The van der Waals surface area contributed by atoms with Crippen LogP contribution in [0.15, 0.2) is 48.5 Å². The summed E-state index contributed by atoms with van der Waals surface area (Å²) >= 11 is 0. The Hall–Kier alpha value is -2.82. The van der Waals surface area contributed by atoms with E-state index in [9.17, 15) is 9.59 Å². The van der Waals surface area contributed by atoms with Crippen molar-refractivity contribution < 1.29 is 14.3 Å². The lowest BCUT2D eigenvalue weighted by atomic mass is 10.1. The van der Waals surface area contributed by atoms with E-state index in [1.165, 1.54) is 5.56 Å². The zero-order valence-electron chi connectivity index (χ0n) is 15.4. The van der Waals surface area contributed by atoms with Crippen LogP contribution in [0.25, 0.3) is 0 Å². The lowest BCUT2D eigenvalue weighted by Crippen LogP contribution is -2.45. The summed E-state index contributed by atoms with van der Waals surface area (Å²) in [5.41, 5.74) is 3.01. The molecule has 2 aromatic rings. The molecule has 0 N–H and O–H groups in total. The molecule has 1 heterocycles. The van der Waals surface area contributed by atoms with Crippen LogP contribution in [-0.2, 0) is 16.1 Å². The zero-order valence-corrected chi connectivity index (χ0v) is 15.4. The molecule has 2 amide bonds. The van der Waals surface area contributed by atoms with Gasteiger partial charge in [0.2, 0.25) is 5.91 Å². The molecule has 3 rings (SSSR count). The first-order chi connectivity index (χ1) is 12.5. The number of anilines is 1. The average Bonchev–Trinajstić information content (AvgIpc) is 2.63. The third kappa shape index (κ3) is 3.87. The van der Waals surface area contributed by atoms with Crippen LogP contribution in [0.3, 0.4) is 0 Å². The van der Waals surface area contributed by atoms with Crippen LogP contribution in [0.5, 0.6) is 5.75 Å². The molecule has 0 aromatic heterocycles. The number of hydrogen-bond acceptors (Lipinski definition) is 3. The van der Waals surface area contributed by atoms with Crippen LogP contribution in [0.2, 0.25) is 0 Å². The van der Waals surface area contributed by atoms with Gasteiger partial charge in [-0.1, -0.05) is 42.0 Å². The number of amides is 2. The fourth-order valence-corrected chi connectivity index (χ4v) is 3.04. The first-order valence-electron chi connectivity index (χ1n) is 8.82. The van der Waals surface area contributed by atoms with E-state index in [0.29, 0.717) is 18.8 Å². The van der Waals surface area contributed by atoms with Crippen LogP contribution in [0.4, 0.5) is 5.69 Å². The number of aryl methyl sites for hydroxylation is 1. The number of carbonyl (C=O) groups is 2. The number of para-hydroxylation sites is 2. The van der Waals surface area contributed by atoms with Gasteiger partial charge >= 0.3 is 0 Å². The van der Waals surface area contributed by atoms with Gasteiger partial charge in [0.05, 0.1) is 5.69 Å². The zero-order chi connectivity index (χ0) is 18.7. The summed E-state index contributed by atoms with van der Waals surface area (Å²) in [5, 5.41) is 0. The highest BCUT2D eigenvalue weighted by Gasteiger charge is 2.31. The van der Waals surface area contributed by atoms with E-state index in [1.807, 2.05) is 55.5 Å². The van der Waals surface area contributed by atoms with Gasteiger partial charge in [-0.2, -0.15) is 0 Å². The number of fused-ring (bicyclic) bond motifs is 1. The summed E-state index contributed by atoms with van der Waals surface area (Å²) in [6.07, 6.45) is -0.264. The van der Waals surface area contributed by atoms with E-state index in [-0.39, 0.29) is 18.2 Å². The highest BCUT2D eigenvalue weighted by molar-refractivity contribution is 6.00. The summed E-state index contributed by atoms with van der Waals surface area (Å²) in [4.78, 5) is 28.3. The van der Waals surface area contributed by atoms with Gasteiger partial charge in [-0.05, 0) is 31.5 Å². The number of rotatable bonds is 5. The third-order valence-corrected chi connectivity index (χ3v) is 4.59. The molecule has 0 spiro atoms. The summed E-state index contributed by atoms with van der Waals surface area (Å²) in [7, 11) is 1.79. The molecule has 2 aromatic carbocycles. The molecule has 1 atom stereocenters. The van der Waals surface area contributed by atoms with Gasteiger partial charge < -0.3 is 14.5 Å². The molecular formula is C21H24N2O3. The monoisotopic (exact) mass is 352 g/mol. The molecule has 0 aliphatic carbocycles. The van der Waals surface area contributed by atoms with Crippen molar-refractivity contribution in [2.45, 2.75) is 32.9 Å². The number of carbonyl (C=O) groups excluding carboxylic acids is 2. The largest absolute Gasteiger partial charge is 0.479 e. The van der Waals surface area contributed by atoms with E-state index in [2.05, 4.69) is 0 Å². The second kappa shape index (κ2) is 7.60. The van der Waals surface area contributed by atoms with E-state index in [4.69, 9.17) is 4.74 Å². The third-order valence-electron chi connectivity index (χ3n) is 4.59. The fraction of sp³-hybridized carbons (Fsp3) is 0.333. The van der Waals surface area contributed by atoms with E-state index in [0.717, 1.165) is 11.3 Å². The Kier molecular flexibility index (Phi) is 5.26. The molecule has 0 bridgehead atoms. The standard InChI is InChI=1S/C21H24N2O3/c1-15-8-10-17(11-9-15)14-22(3)20(24)12-13-23-18-6-4-5-7-19(18)26-16(2)21(23)25/h4-11,16H,12-14H2,1-3H3/t16-/m0/s1. The van der Waals surface area contributed by atoms with Crippen molar-refractivity contribution in [1.82, 2.24) is 4.90 Å². The Morgan fingerprint density at radius 1 is 1.15 bits per heavy atom. The number of benzene rings is 2. The van der Waals surface area contributed by atoms with E-state index >= 15 is 0 Å². The van der Waals surface area contributed by atoms with Gasteiger partial charge in [-0.15, -0.1) is 0 Å². The van der Waals surface area contributed by atoms with Gasteiger partial charge in [0, 0.05) is 26.6 Å². The highest BCUT2D eigenvalue weighted by atomic mass is 16.5. The quantitative estimate of drug-likeness (QED) is 0.830.